The second kappa shape index (κ2) is 7.17. The minimum atomic E-state index is 0.826. The summed E-state index contributed by atoms with van der Waals surface area (Å²) in [6, 6.07) is 14.8. The van der Waals surface area contributed by atoms with Crippen LogP contribution in [0.5, 0.6) is 0 Å². The summed E-state index contributed by atoms with van der Waals surface area (Å²) in [5.74, 6) is 1.90. The van der Waals surface area contributed by atoms with Gasteiger partial charge in [-0.15, -0.1) is 0 Å². The zero-order valence-corrected chi connectivity index (χ0v) is 15.9. The Bertz CT molecular complexity index is 1110. The Morgan fingerprint density at radius 1 is 1.04 bits per heavy atom. The molecule has 0 spiro atoms. The zero-order chi connectivity index (χ0) is 18.9. The molecule has 0 aliphatic carbocycles. The highest BCUT2D eigenvalue weighted by Crippen LogP contribution is 2.34. The third-order valence-corrected chi connectivity index (χ3v) is 5.43. The summed E-state index contributed by atoms with van der Waals surface area (Å²) in [5, 5.41) is 6.89. The Balaban J connectivity index is 1.45. The van der Waals surface area contributed by atoms with Gasteiger partial charge in [0.15, 0.2) is 0 Å². The van der Waals surface area contributed by atoms with Crippen LogP contribution < -0.4 is 0 Å². The highest BCUT2D eigenvalue weighted by molar-refractivity contribution is 5.96. The number of rotatable bonds is 4. The van der Waals surface area contributed by atoms with Crippen LogP contribution in [-0.2, 0) is 25.9 Å². The number of benzene rings is 2. The molecule has 5 rings (SSSR count). The van der Waals surface area contributed by atoms with E-state index in [0.717, 1.165) is 60.9 Å². The molecule has 0 saturated heterocycles. The van der Waals surface area contributed by atoms with E-state index in [-0.39, 0.29) is 0 Å². The number of nitrogens with zero attached hydrogens (tertiary/aromatic N) is 4. The Morgan fingerprint density at radius 2 is 1.86 bits per heavy atom. The maximum absolute atomic E-state index is 5.72. The average Bonchev–Trinajstić information content (AvgIpc) is 3.17. The number of hydrogen-bond acceptors (Lipinski definition) is 5. The van der Waals surface area contributed by atoms with Crippen LogP contribution in [0, 0.1) is 0 Å². The smallest absolute Gasteiger partial charge is 0.143 e. The minimum absolute atomic E-state index is 0.826. The van der Waals surface area contributed by atoms with Gasteiger partial charge < -0.3 is 4.52 Å². The molecule has 3 heterocycles. The molecule has 0 fully saturated rings. The van der Waals surface area contributed by atoms with Gasteiger partial charge in [-0.1, -0.05) is 54.5 Å². The van der Waals surface area contributed by atoms with Crippen LogP contribution in [0.15, 0.2) is 59.4 Å². The van der Waals surface area contributed by atoms with Crippen molar-refractivity contribution in [1.29, 1.82) is 0 Å². The molecule has 1 aliphatic rings. The lowest BCUT2D eigenvalue weighted by molar-refractivity contribution is 0.228. The van der Waals surface area contributed by atoms with Gasteiger partial charge in [-0.3, -0.25) is 4.90 Å². The van der Waals surface area contributed by atoms with Crippen LogP contribution in [0.1, 0.15) is 29.6 Å². The molecule has 5 nitrogen and oxygen atoms in total. The van der Waals surface area contributed by atoms with Gasteiger partial charge in [-0.25, -0.2) is 9.97 Å². The van der Waals surface area contributed by atoms with Crippen molar-refractivity contribution in [2.45, 2.75) is 32.9 Å². The lowest BCUT2D eigenvalue weighted by Crippen LogP contribution is -2.29. The van der Waals surface area contributed by atoms with Crippen molar-refractivity contribution in [1.82, 2.24) is 20.0 Å². The Kier molecular flexibility index (Phi) is 4.37. The average molecular weight is 370 g/mol. The number of aromatic nitrogens is 3. The number of fused-ring (bicyclic) bond motifs is 2. The Labute approximate surface area is 164 Å². The molecule has 28 heavy (non-hydrogen) atoms. The summed E-state index contributed by atoms with van der Waals surface area (Å²) < 4.78 is 5.72. The molecule has 140 valence electrons. The van der Waals surface area contributed by atoms with E-state index in [2.05, 4.69) is 69.4 Å². The molecule has 0 N–H and O–H groups in total. The lowest BCUT2D eigenvalue weighted by atomic mass is 9.97. The van der Waals surface area contributed by atoms with Crippen molar-refractivity contribution in [2.75, 3.05) is 6.54 Å². The van der Waals surface area contributed by atoms with Crippen LogP contribution in [0.4, 0.5) is 0 Å². The first-order valence-corrected chi connectivity index (χ1v) is 9.79. The molecule has 0 amide bonds. The fourth-order valence-corrected chi connectivity index (χ4v) is 3.95. The quantitative estimate of drug-likeness (QED) is 0.533. The molecule has 0 unspecified atom stereocenters. The Hall–Kier alpha value is -3.05. The summed E-state index contributed by atoms with van der Waals surface area (Å²) in [6.07, 6.45) is 5.63. The molecule has 0 atom stereocenters. The highest BCUT2D eigenvalue weighted by atomic mass is 16.5. The van der Waals surface area contributed by atoms with Gasteiger partial charge in [0, 0.05) is 61.6 Å². The predicted octanol–water partition coefficient (Wildman–Crippen LogP) is 4.41. The third kappa shape index (κ3) is 3.08. The van der Waals surface area contributed by atoms with Crippen molar-refractivity contribution in [3.8, 4) is 11.3 Å². The molecular formula is C23H22N4O. The van der Waals surface area contributed by atoms with Gasteiger partial charge >= 0.3 is 0 Å². The SMILES string of the molecule is CCc1ncc(CN2CCc3onc(-c4cccc5ccccc45)c3C2)cn1. The van der Waals surface area contributed by atoms with Gasteiger partial charge in [0.25, 0.3) is 0 Å². The third-order valence-electron chi connectivity index (χ3n) is 5.43. The van der Waals surface area contributed by atoms with Crippen molar-refractivity contribution >= 4 is 10.8 Å². The molecular weight excluding hydrogens is 348 g/mol. The minimum Gasteiger partial charge on any atom is -0.360 e. The molecule has 2 aromatic heterocycles. The summed E-state index contributed by atoms with van der Waals surface area (Å²) in [7, 11) is 0. The molecule has 0 bridgehead atoms. The van der Waals surface area contributed by atoms with Crippen LogP contribution >= 0.6 is 0 Å². The second-order valence-electron chi connectivity index (χ2n) is 7.28. The normalized spacial score (nSPS) is 14.3. The zero-order valence-electron chi connectivity index (χ0n) is 15.9. The topological polar surface area (TPSA) is 55.1 Å². The van der Waals surface area contributed by atoms with E-state index in [0.29, 0.717) is 0 Å². The summed E-state index contributed by atoms with van der Waals surface area (Å²) in [4.78, 5) is 11.3. The van der Waals surface area contributed by atoms with Crippen molar-refractivity contribution in [2.24, 2.45) is 0 Å². The number of aryl methyl sites for hydroxylation is 1. The van der Waals surface area contributed by atoms with Gasteiger partial charge in [0.2, 0.25) is 0 Å². The van der Waals surface area contributed by atoms with Crippen LogP contribution in [0.2, 0.25) is 0 Å². The standard InChI is InChI=1S/C23H22N4O/c1-2-22-24-12-16(13-25-22)14-27-11-10-21-20(15-27)23(26-28-21)19-9-5-7-17-6-3-4-8-18(17)19/h3-9,12-13H,2,10-11,14-15H2,1H3. The monoisotopic (exact) mass is 370 g/mol. The van der Waals surface area contributed by atoms with E-state index in [1.807, 2.05) is 12.4 Å². The first-order valence-electron chi connectivity index (χ1n) is 9.79. The van der Waals surface area contributed by atoms with E-state index < -0.39 is 0 Å². The van der Waals surface area contributed by atoms with Crippen LogP contribution in [0.3, 0.4) is 0 Å². The maximum atomic E-state index is 5.72. The van der Waals surface area contributed by atoms with Crippen LogP contribution in [-0.4, -0.2) is 26.6 Å². The lowest BCUT2D eigenvalue weighted by Gasteiger charge is -2.26. The predicted molar refractivity (Wildman–Crippen MR) is 109 cm³/mol. The fraction of sp³-hybridized carbons (Fsp3) is 0.261. The Morgan fingerprint density at radius 3 is 2.71 bits per heavy atom. The van der Waals surface area contributed by atoms with Crippen LogP contribution in [0.25, 0.3) is 22.0 Å². The number of hydrogen-bond donors (Lipinski definition) is 0. The van der Waals surface area contributed by atoms with Crippen molar-refractivity contribution in [3.05, 3.63) is 77.6 Å². The highest BCUT2D eigenvalue weighted by Gasteiger charge is 2.25. The fourth-order valence-electron chi connectivity index (χ4n) is 3.95. The summed E-state index contributed by atoms with van der Waals surface area (Å²) in [6.45, 7) is 4.69. The van der Waals surface area contributed by atoms with Gasteiger partial charge in [0.1, 0.15) is 17.3 Å². The van der Waals surface area contributed by atoms with Crippen molar-refractivity contribution in [3.63, 3.8) is 0 Å². The molecule has 4 aromatic rings. The largest absolute Gasteiger partial charge is 0.360 e. The van der Waals surface area contributed by atoms with Gasteiger partial charge in [-0.2, -0.15) is 0 Å². The van der Waals surface area contributed by atoms with E-state index in [4.69, 9.17) is 4.52 Å². The van der Waals surface area contributed by atoms with E-state index in [9.17, 15) is 0 Å². The first kappa shape index (κ1) is 17.1. The molecule has 1 aliphatic heterocycles. The molecule has 0 saturated carbocycles. The van der Waals surface area contributed by atoms with Gasteiger partial charge in [0.05, 0.1) is 0 Å². The van der Waals surface area contributed by atoms with Crippen molar-refractivity contribution < 1.29 is 4.52 Å². The molecule has 5 heteroatoms. The maximum Gasteiger partial charge on any atom is 0.143 e. The van der Waals surface area contributed by atoms with E-state index in [1.165, 1.54) is 16.3 Å². The molecule has 0 radical (unpaired) electrons. The first-order chi connectivity index (χ1) is 13.8. The van der Waals surface area contributed by atoms with E-state index in [1.54, 1.807) is 0 Å². The summed E-state index contributed by atoms with van der Waals surface area (Å²) >= 11 is 0. The van der Waals surface area contributed by atoms with Gasteiger partial charge in [-0.05, 0) is 10.8 Å². The molecule has 2 aromatic carbocycles. The summed E-state index contributed by atoms with van der Waals surface area (Å²) in [5.41, 5.74) is 4.45. The second-order valence-corrected chi connectivity index (χ2v) is 7.28. The van der Waals surface area contributed by atoms with E-state index >= 15 is 0 Å².